The summed E-state index contributed by atoms with van der Waals surface area (Å²) >= 11 is 0. The highest BCUT2D eigenvalue weighted by molar-refractivity contribution is 7.91. The van der Waals surface area contributed by atoms with Crippen LogP contribution in [0.1, 0.15) is 10.4 Å². The molecule has 0 atom stereocenters. The van der Waals surface area contributed by atoms with Crippen LogP contribution < -0.4 is 4.74 Å². The molecule has 2 aromatic rings. The van der Waals surface area contributed by atoms with Gasteiger partial charge in [0.25, 0.3) is 0 Å². The zero-order chi connectivity index (χ0) is 12.8. The van der Waals surface area contributed by atoms with E-state index in [0.717, 1.165) is 0 Å². The molecule has 90 valence electrons. The predicted octanol–water partition coefficient (Wildman–Crippen LogP) is 2.44. The van der Waals surface area contributed by atoms with Gasteiger partial charge in [-0.3, -0.25) is 4.79 Å². The number of hydrogen-bond donors (Lipinski definition) is 0. The van der Waals surface area contributed by atoms with Gasteiger partial charge in [0.15, 0.2) is 0 Å². The van der Waals surface area contributed by atoms with Crippen LogP contribution in [-0.2, 0) is 9.84 Å². The summed E-state index contributed by atoms with van der Waals surface area (Å²) in [7, 11) is -3.57. The van der Waals surface area contributed by atoms with E-state index in [1.165, 1.54) is 24.3 Å². The molecule has 1 aliphatic rings. The summed E-state index contributed by atoms with van der Waals surface area (Å²) in [6.07, 6.45) is 0.650. The number of benzene rings is 2. The van der Waals surface area contributed by atoms with Crippen molar-refractivity contribution in [1.82, 2.24) is 0 Å². The summed E-state index contributed by atoms with van der Waals surface area (Å²) in [4.78, 5) is 10.9. The highest BCUT2D eigenvalue weighted by atomic mass is 32.2. The van der Waals surface area contributed by atoms with Crippen LogP contribution in [0.15, 0.2) is 52.3 Å². The number of hydrogen-bond acceptors (Lipinski definition) is 4. The predicted molar refractivity (Wildman–Crippen MR) is 63.8 cm³/mol. The third-order valence-corrected chi connectivity index (χ3v) is 4.58. The second-order valence-electron chi connectivity index (χ2n) is 3.88. The number of rotatable bonds is 1. The molecule has 0 saturated heterocycles. The Labute approximate surface area is 104 Å². The van der Waals surface area contributed by atoms with Crippen LogP contribution >= 0.6 is 0 Å². The molecular formula is C13H8O4S. The molecule has 4 nitrogen and oxygen atoms in total. The van der Waals surface area contributed by atoms with E-state index in [1.807, 2.05) is 0 Å². The van der Waals surface area contributed by atoms with Crippen LogP contribution in [-0.4, -0.2) is 14.7 Å². The second kappa shape index (κ2) is 3.68. The van der Waals surface area contributed by atoms with Crippen molar-refractivity contribution in [3.63, 3.8) is 0 Å². The lowest BCUT2D eigenvalue weighted by Gasteiger charge is -2.20. The molecule has 0 fully saturated rings. The van der Waals surface area contributed by atoms with Gasteiger partial charge in [0, 0.05) is 5.56 Å². The zero-order valence-electron chi connectivity index (χ0n) is 9.16. The Morgan fingerprint density at radius 1 is 0.944 bits per heavy atom. The Kier molecular flexibility index (Phi) is 2.24. The van der Waals surface area contributed by atoms with E-state index in [0.29, 0.717) is 11.8 Å². The molecule has 0 aromatic heterocycles. The minimum Gasteiger partial charge on any atom is -0.455 e. The Morgan fingerprint density at radius 2 is 1.67 bits per heavy atom. The SMILES string of the molecule is O=Cc1ccc2c(c1)Oc1ccccc1S2(=O)=O. The van der Waals surface area contributed by atoms with Crippen molar-refractivity contribution >= 4 is 16.1 Å². The van der Waals surface area contributed by atoms with Gasteiger partial charge in [0.1, 0.15) is 27.6 Å². The third kappa shape index (κ3) is 1.44. The molecule has 0 spiro atoms. The molecule has 0 unspecified atom stereocenters. The van der Waals surface area contributed by atoms with E-state index >= 15 is 0 Å². The molecule has 1 heterocycles. The summed E-state index contributed by atoms with van der Waals surface area (Å²) in [6.45, 7) is 0. The standard InChI is InChI=1S/C13H8O4S/c14-8-9-5-6-13-11(7-9)17-10-3-1-2-4-12(10)18(13,15)16/h1-8H. The first-order valence-electron chi connectivity index (χ1n) is 5.24. The van der Waals surface area contributed by atoms with Crippen LogP contribution in [0, 0.1) is 0 Å². The monoisotopic (exact) mass is 260 g/mol. The van der Waals surface area contributed by atoms with Crippen molar-refractivity contribution in [2.24, 2.45) is 0 Å². The average molecular weight is 260 g/mol. The molecular weight excluding hydrogens is 252 g/mol. The zero-order valence-corrected chi connectivity index (χ0v) is 9.98. The highest BCUT2D eigenvalue weighted by Gasteiger charge is 2.30. The quantitative estimate of drug-likeness (QED) is 0.630. The number of ether oxygens (including phenoxy) is 1. The fraction of sp³-hybridized carbons (Fsp3) is 0. The Balaban J connectivity index is 2.31. The lowest BCUT2D eigenvalue weighted by molar-refractivity contribution is 0.112. The first kappa shape index (κ1) is 11.0. The van der Waals surface area contributed by atoms with Crippen molar-refractivity contribution in [3.8, 4) is 11.5 Å². The van der Waals surface area contributed by atoms with E-state index in [4.69, 9.17) is 4.74 Å². The molecule has 0 bridgehead atoms. The van der Waals surface area contributed by atoms with E-state index in [-0.39, 0.29) is 21.3 Å². The number of para-hydroxylation sites is 1. The van der Waals surface area contributed by atoms with Gasteiger partial charge in [-0.05, 0) is 24.3 Å². The maximum Gasteiger partial charge on any atom is 0.213 e. The number of aldehydes is 1. The van der Waals surface area contributed by atoms with Gasteiger partial charge < -0.3 is 4.74 Å². The van der Waals surface area contributed by atoms with Crippen LogP contribution in [0.4, 0.5) is 0 Å². The van der Waals surface area contributed by atoms with Crippen molar-refractivity contribution in [2.75, 3.05) is 0 Å². The number of fused-ring (bicyclic) bond motifs is 2. The van der Waals surface area contributed by atoms with Crippen LogP contribution in [0.5, 0.6) is 11.5 Å². The van der Waals surface area contributed by atoms with Crippen LogP contribution in [0.25, 0.3) is 0 Å². The van der Waals surface area contributed by atoms with Crippen LogP contribution in [0.2, 0.25) is 0 Å². The van der Waals surface area contributed by atoms with Crippen molar-refractivity contribution in [3.05, 3.63) is 48.0 Å². The number of carbonyl (C=O) groups is 1. The van der Waals surface area contributed by atoms with Gasteiger partial charge in [-0.15, -0.1) is 0 Å². The van der Waals surface area contributed by atoms with Gasteiger partial charge in [-0.25, -0.2) is 8.42 Å². The molecule has 5 heteroatoms. The number of sulfone groups is 1. The third-order valence-electron chi connectivity index (χ3n) is 2.75. The van der Waals surface area contributed by atoms with E-state index in [9.17, 15) is 13.2 Å². The Hall–Kier alpha value is -2.14. The van der Waals surface area contributed by atoms with E-state index < -0.39 is 9.84 Å². The minimum absolute atomic E-state index is 0.0896. The Morgan fingerprint density at radius 3 is 2.44 bits per heavy atom. The molecule has 3 rings (SSSR count). The summed E-state index contributed by atoms with van der Waals surface area (Å²) in [5, 5.41) is 0. The maximum atomic E-state index is 12.3. The van der Waals surface area contributed by atoms with Crippen molar-refractivity contribution < 1.29 is 17.9 Å². The normalized spacial score (nSPS) is 15.1. The summed E-state index contributed by atoms with van der Waals surface area (Å²) in [6, 6.07) is 10.7. The molecule has 0 radical (unpaired) electrons. The van der Waals surface area contributed by atoms with Crippen molar-refractivity contribution in [2.45, 2.75) is 9.79 Å². The molecule has 0 N–H and O–H groups in total. The first-order valence-corrected chi connectivity index (χ1v) is 6.72. The van der Waals surface area contributed by atoms with Gasteiger partial charge in [-0.1, -0.05) is 18.2 Å². The van der Waals surface area contributed by atoms with E-state index in [1.54, 1.807) is 18.2 Å². The largest absolute Gasteiger partial charge is 0.455 e. The summed E-state index contributed by atoms with van der Waals surface area (Å²) < 4.78 is 30.2. The molecule has 0 aliphatic carbocycles. The highest BCUT2D eigenvalue weighted by Crippen LogP contribution is 2.42. The lowest BCUT2D eigenvalue weighted by atomic mass is 10.2. The topological polar surface area (TPSA) is 60.4 Å². The Bertz CT molecular complexity index is 747. The first-order chi connectivity index (χ1) is 8.63. The molecule has 0 saturated carbocycles. The molecule has 1 aliphatic heterocycles. The number of carbonyl (C=O) groups excluding carboxylic acids is 1. The molecule has 2 aromatic carbocycles. The average Bonchev–Trinajstić information content (AvgIpc) is 2.38. The molecule has 0 amide bonds. The van der Waals surface area contributed by atoms with Gasteiger partial charge in [0.2, 0.25) is 9.84 Å². The fourth-order valence-corrected chi connectivity index (χ4v) is 3.38. The van der Waals surface area contributed by atoms with Gasteiger partial charge in [-0.2, -0.15) is 0 Å². The maximum absolute atomic E-state index is 12.3. The minimum atomic E-state index is -3.57. The van der Waals surface area contributed by atoms with Crippen molar-refractivity contribution in [1.29, 1.82) is 0 Å². The van der Waals surface area contributed by atoms with Gasteiger partial charge in [0.05, 0.1) is 0 Å². The summed E-state index contributed by atoms with van der Waals surface area (Å²) in [5.41, 5.74) is 0.378. The summed E-state index contributed by atoms with van der Waals surface area (Å²) in [5.74, 6) is 0.478. The second-order valence-corrected chi connectivity index (χ2v) is 5.76. The van der Waals surface area contributed by atoms with Gasteiger partial charge >= 0.3 is 0 Å². The molecule has 18 heavy (non-hydrogen) atoms. The smallest absolute Gasteiger partial charge is 0.213 e. The van der Waals surface area contributed by atoms with E-state index in [2.05, 4.69) is 0 Å². The lowest BCUT2D eigenvalue weighted by Crippen LogP contribution is -2.11. The fourth-order valence-electron chi connectivity index (χ4n) is 1.89. The van der Waals surface area contributed by atoms with Crippen LogP contribution in [0.3, 0.4) is 0 Å².